The molecule has 5 nitrogen and oxygen atoms in total. The van der Waals surface area contributed by atoms with E-state index in [1.807, 2.05) is 0 Å². The molecular formula is C22H27F4N3O2. The predicted molar refractivity (Wildman–Crippen MR) is 107 cm³/mol. The van der Waals surface area contributed by atoms with Crippen LogP contribution in [0.1, 0.15) is 72.4 Å². The van der Waals surface area contributed by atoms with Crippen molar-refractivity contribution in [3.63, 3.8) is 0 Å². The van der Waals surface area contributed by atoms with E-state index in [1.165, 1.54) is 6.07 Å². The molecule has 1 amide bonds. The smallest absolute Gasteiger partial charge is 0.282 e. The van der Waals surface area contributed by atoms with Crippen LogP contribution < -0.4 is 5.32 Å². The van der Waals surface area contributed by atoms with E-state index >= 15 is 0 Å². The van der Waals surface area contributed by atoms with Gasteiger partial charge in [0.15, 0.2) is 0 Å². The number of halogens is 4. The summed E-state index contributed by atoms with van der Waals surface area (Å²) in [6, 6.07) is 3.21. The number of aromatic nitrogens is 2. The number of fused-ring (bicyclic) bond motifs is 1. The molecule has 2 aliphatic rings. The molecular weight excluding hydrogens is 414 g/mol. The van der Waals surface area contributed by atoms with E-state index < -0.39 is 12.3 Å². The number of hydrogen-bond acceptors (Lipinski definition) is 3. The van der Waals surface area contributed by atoms with Crippen molar-refractivity contribution < 1.29 is 27.1 Å². The second-order valence-corrected chi connectivity index (χ2v) is 8.69. The second kappa shape index (κ2) is 8.76. The van der Waals surface area contributed by atoms with Crippen molar-refractivity contribution in [2.24, 2.45) is 5.92 Å². The molecule has 0 bridgehead atoms. The van der Waals surface area contributed by atoms with E-state index in [0.29, 0.717) is 43.0 Å². The summed E-state index contributed by atoms with van der Waals surface area (Å²) in [5, 5.41) is 2.97. The molecule has 0 radical (unpaired) electrons. The van der Waals surface area contributed by atoms with Gasteiger partial charge in [0.2, 0.25) is 5.92 Å². The number of nitrogens with one attached hydrogen (secondary N) is 1. The summed E-state index contributed by atoms with van der Waals surface area (Å²) in [5.74, 6) is -3.02. The normalized spacial score (nSPS) is 20.5. The van der Waals surface area contributed by atoms with Crippen LogP contribution in [0, 0.1) is 12.8 Å². The zero-order chi connectivity index (χ0) is 22.2. The van der Waals surface area contributed by atoms with Gasteiger partial charge in [-0.25, -0.2) is 22.5 Å². The molecule has 3 heterocycles. The number of rotatable bonds is 5. The topological polar surface area (TPSA) is 55.6 Å². The fourth-order valence-electron chi connectivity index (χ4n) is 4.64. The fraction of sp³-hybridized carbons (Fsp3) is 0.636. The number of carbonyl (C=O) groups excluding carboxylic acids is 1. The average Bonchev–Trinajstić information content (AvgIpc) is 3.09. The Kier molecular flexibility index (Phi) is 6.23. The molecule has 2 aromatic rings. The molecule has 1 saturated carbocycles. The highest BCUT2D eigenvalue weighted by molar-refractivity contribution is 5.95. The summed E-state index contributed by atoms with van der Waals surface area (Å²) in [6.45, 7) is 2.93. The number of hydrogen-bond donors (Lipinski definition) is 1. The first kappa shape index (κ1) is 22.0. The summed E-state index contributed by atoms with van der Waals surface area (Å²) in [6.07, 6.45) is -0.875. The highest BCUT2D eigenvalue weighted by Gasteiger charge is 2.36. The van der Waals surface area contributed by atoms with E-state index in [4.69, 9.17) is 4.74 Å². The Morgan fingerprint density at radius 2 is 1.90 bits per heavy atom. The van der Waals surface area contributed by atoms with Crippen molar-refractivity contribution in [3.8, 4) is 0 Å². The van der Waals surface area contributed by atoms with Crippen molar-refractivity contribution in [1.29, 1.82) is 0 Å². The molecule has 170 valence electrons. The van der Waals surface area contributed by atoms with Crippen LogP contribution in [0.3, 0.4) is 0 Å². The lowest BCUT2D eigenvalue weighted by molar-refractivity contribution is -0.0458. The Bertz CT molecular complexity index is 944. The second-order valence-electron chi connectivity index (χ2n) is 8.69. The van der Waals surface area contributed by atoms with Gasteiger partial charge in [-0.2, -0.15) is 0 Å². The maximum atomic E-state index is 13.8. The molecule has 0 atom stereocenters. The van der Waals surface area contributed by atoms with Gasteiger partial charge in [-0.3, -0.25) is 4.79 Å². The summed E-state index contributed by atoms with van der Waals surface area (Å²) in [4.78, 5) is 16.8. The summed E-state index contributed by atoms with van der Waals surface area (Å²) in [5.41, 5.74) is 1.29. The van der Waals surface area contributed by atoms with Crippen LogP contribution in [-0.2, 0) is 11.2 Å². The van der Waals surface area contributed by atoms with Crippen molar-refractivity contribution >= 4 is 11.6 Å². The van der Waals surface area contributed by atoms with Crippen LogP contribution in [0.5, 0.6) is 0 Å². The zero-order valence-corrected chi connectivity index (χ0v) is 17.5. The monoisotopic (exact) mass is 441 g/mol. The summed E-state index contributed by atoms with van der Waals surface area (Å²) < 4.78 is 61.4. The molecule has 2 aromatic heterocycles. The number of nitrogens with zero attached hydrogens (tertiary/aromatic N) is 2. The van der Waals surface area contributed by atoms with Crippen LogP contribution in [0.15, 0.2) is 12.1 Å². The van der Waals surface area contributed by atoms with Crippen molar-refractivity contribution in [1.82, 2.24) is 14.7 Å². The number of alkyl halides is 4. The first-order valence-corrected chi connectivity index (χ1v) is 10.8. The lowest BCUT2D eigenvalue weighted by Gasteiger charge is -2.28. The molecule has 1 N–H and O–H groups in total. The molecule has 1 aliphatic heterocycles. The van der Waals surface area contributed by atoms with Crippen LogP contribution in [0.25, 0.3) is 5.65 Å². The Balaban J connectivity index is 1.60. The first-order valence-electron chi connectivity index (χ1n) is 10.8. The van der Waals surface area contributed by atoms with Gasteiger partial charge < -0.3 is 14.5 Å². The van der Waals surface area contributed by atoms with Gasteiger partial charge in [0.1, 0.15) is 11.3 Å². The number of carbonyl (C=O) groups is 1. The third kappa shape index (κ3) is 4.86. The molecule has 9 heteroatoms. The van der Waals surface area contributed by atoms with Crippen LogP contribution in [0.4, 0.5) is 17.6 Å². The average molecular weight is 441 g/mol. The van der Waals surface area contributed by atoms with Crippen molar-refractivity contribution in [2.75, 3.05) is 13.2 Å². The Labute approximate surface area is 178 Å². The molecule has 0 spiro atoms. The van der Waals surface area contributed by atoms with E-state index in [2.05, 4.69) is 10.3 Å². The van der Waals surface area contributed by atoms with Gasteiger partial charge in [-0.1, -0.05) is 0 Å². The third-order valence-corrected chi connectivity index (χ3v) is 6.38. The zero-order valence-electron chi connectivity index (χ0n) is 17.5. The Hall–Kier alpha value is -2.16. The predicted octanol–water partition coefficient (Wildman–Crippen LogP) is 4.86. The van der Waals surface area contributed by atoms with Gasteiger partial charge in [0.05, 0.1) is 5.69 Å². The van der Waals surface area contributed by atoms with Crippen LogP contribution in [-0.4, -0.2) is 40.5 Å². The lowest BCUT2D eigenvalue weighted by atomic mass is 9.83. The maximum Gasteiger partial charge on any atom is 0.282 e. The Morgan fingerprint density at radius 1 is 1.23 bits per heavy atom. The number of pyridine rings is 1. The molecule has 1 aliphatic carbocycles. The minimum Gasteiger partial charge on any atom is -0.381 e. The molecule has 2 fully saturated rings. The quantitative estimate of drug-likeness (QED) is 0.675. The number of ether oxygens (including phenoxy) is 1. The van der Waals surface area contributed by atoms with E-state index in [9.17, 15) is 22.4 Å². The maximum absolute atomic E-state index is 13.8. The van der Waals surface area contributed by atoms with Gasteiger partial charge in [0, 0.05) is 43.4 Å². The van der Waals surface area contributed by atoms with Crippen LogP contribution >= 0.6 is 0 Å². The third-order valence-electron chi connectivity index (χ3n) is 6.38. The van der Waals surface area contributed by atoms with E-state index in [0.717, 1.165) is 12.8 Å². The van der Waals surface area contributed by atoms with Gasteiger partial charge in [0.25, 0.3) is 12.3 Å². The fourth-order valence-corrected chi connectivity index (χ4v) is 4.64. The molecule has 4 rings (SSSR count). The standard InChI is InChI=1S/C22H27F4N3O2/c1-13-10-15(21(30)27-16-4-8-31-9-5-16)12-18-28-19(20(23)24)17(29(13)18)11-14-2-6-22(25,26)7-3-14/h10,12,14,16,20H,2-9,11H2,1H3,(H,27,30). The largest absolute Gasteiger partial charge is 0.381 e. The van der Waals surface area contributed by atoms with Crippen molar-refractivity contribution in [3.05, 3.63) is 34.8 Å². The number of amides is 1. The molecule has 1 saturated heterocycles. The van der Waals surface area contributed by atoms with E-state index in [1.54, 1.807) is 17.4 Å². The number of imidazole rings is 1. The molecule has 0 aromatic carbocycles. The van der Waals surface area contributed by atoms with Gasteiger partial charge in [-0.15, -0.1) is 0 Å². The Morgan fingerprint density at radius 3 is 2.55 bits per heavy atom. The minimum absolute atomic E-state index is 0.0224. The van der Waals surface area contributed by atoms with Crippen molar-refractivity contribution in [2.45, 2.75) is 70.3 Å². The van der Waals surface area contributed by atoms with Gasteiger partial charge >= 0.3 is 0 Å². The SMILES string of the molecule is Cc1cc(C(=O)NC2CCOCC2)cc2nc(C(F)F)c(CC3CCC(F)(F)CC3)n12. The molecule has 0 unspecified atom stereocenters. The van der Waals surface area contributed by atoms with E-state index in [-0.39, 0.29) is 48.5 Å². The summed E-state index contributed by atoms with van der Waals surface area (Å²) >= 11 is 0. The first-order chi connectivity index (χ1) is 14.7. The van der Waals surface area contributed by atoms with Gasteiger partial charge in [-0.05, 0) is 57.1 Å². The highest BCUT2D eigenvalue weighted by Crippen LogP contribution is 2.38. The molecule has 31 heavy (non-hydrogen) atoms. The summed E-state index contributed by atoms with van der Waals surface area (Å²) in [7, 11) is 0. The van der Waals surface area contributed by atoms with Crippen LogP contribution in [0.2, 0.25) is 0 Å². The lowest BCUT2D eigenvalue weighted by Crippen LogP contribution is -2.38. The number of aryl methyl sites for hydroxylation is 1. The minimum atomic E-state index is -2.78. The highest BCUT2D eigenvalue weighted by atomic mass is 19.3.